The highest BCUT2D eigenvalue weighted by Gasteiger charge is 2.39. The fourth-order valence-corrected chi connectivity index (χ4v) is 4.04. The molecular formula is C13H24N2O3S. The van der Waals surface area contributed by atoms with Crippen molar-refractivity contribution in [1.82, 2.24) is 4.90 Å². The lowest BCUT2D eigenvalue weighted by atomic mass is 9.85. The number of sulfone groups is 1. The molecule has 110 valence electrons. The van der Waals surface area contributed by atoms with Crippen molar-refractivity contribution in [3.8, 4) is 0 Å². The van der Waals surface area contributed by atoms with Gasteiger partial charge in [-0.15, -0.1) is 0 Å². The van der Waals surface area contributed by atoms with Crippen LogP contribution in [-0.4, -0.2) is 49.9 Å². The number of nitrogens with zero attached hydrogens (tertiary/aromatic N) is 1. The van der Waals surface area contributed by atoms with E-state index < -0.39 is 15.9 Å². The molecule has 2 rings (SSSR count). The number of hydrogen-bond donors (Lipinski definition) is 1. The Kier molecular flexibility index (Phi) is 4.50. The van der Waals surface area contributed by atoms with Gasteiger partial charge < -0.3 is 10.6 Å². The smallest absolute Gasteiger partial charge is 0.239 e. The van der Waals surface area contributed by atoms with E-state index in [1.165, 1.54) is 25.5 Å². The third kappa shape index (κ3) is 3.69. The van der Waals surface area contributed by atoms with Crippen LogP contribution in [0.1, 0.15) is 38.5 Å². The molecule has 0 radical (unpaired) electrons. The van der Waals surface area contributed by atoms with Crippen LogP contribution in [0.5, 0.6) is 0 Å². The van der Waals surface area contributed by atoms with Gasteiger partial charge in [-0.2, -0.15) is 0 Å². The summed E-state index contributed by atoms with van der Waals surface area (Å²) in [5.41, 5.74) is 5.87. The van der Waals surface area contributed by atoms with E-state index in [-0.39, 0.29) is 18.1 Å². The lowest BCUT2D eigenvalue weighted by Gasteiger charge is -2.33. The van der Waals surface area contributed by atoms with E-state index >= 15 is 0 Å². The molecule has 0 aromatic rings. The van der Waals surface area contributed by atoms with Gasteiger partial charge in [-0.1, -0.05) is 12.8 Å². The second kappa shape index (κ2) is 5.79. The molecule has 1 amide bonds. The number of rotatable bonds is 4. The van der Waals surface area contributed by atoms with Crippen molar-refractivity contribution < 1.29 is 13.2 Å². The molecule has 3 atom stereocenters. The average molecular weight is 288 g/mol. The molecule has 5 nitrogen and oxygen atoms in total. The summed E-state index contributed by atoms with van der Waals surface area (Å²) in [5.74, 6) is 0.569. The van der Waals surface area contributed by atoms with Crippen molar-refractivity contribution in [3.05, 3.63) is 0 Å². The minimum atomic E-state index is -3.05. The first-order valence-electron chi connectivity index (χ1n) is 7.12. The molecule has 0 bridgehead atoms. The maximum atomic E-state index is 12.3. The standard InChI is InChI=1S/C13H24N2O3S/c1-19(17,18)9-7-11(14)13(16)15-8-6-10-4-2-3-5-12(10)15/h10-12H,2-9,14H2,1H3. The van der Waals surface area contributed by atoms with Crippen molar-refractivity contribution in [3.63, 3.8) is 0 Å². The molecule has 0 spiro atoms. The molecule has 1 heterocycles. The summed E-state index contributed by atoms with van der Waals surface area (Å²) >= 11 is 0. The lowest BCUT2D eigenvalue weighted by molar-refractivity contribution is -0.134. The number of amides is 1. The second-order valence-corrected chi connectivity index (χ2v) is 8.22. The predicted octanol–water partition coefficient (Wildman–Crippen LogP) is 0.540. The van der Waals surface area contributed by atoms with E-state index in [1.54, 1.807) is 0 Å². The lowest BCUT2D eigenvalue weighted by Crippen LogP contribution is -2.48. The van der Waals surface area contributed by atoms with E-state index in [0.29, 0.717) is 12.0 Å². The van der Waals surface area contributed by atoms with Crippen molar-refractivity contribution in [1.29, 1.82) is 0 Å². The highest BCUT2D eigenvalue weighted by atomic mass is 32.2. The van der Waals surface area contributed by atoms with E-state index in [9.17, 15) is 13.2 Å². The molecule has 2 fully saturated rings. The number of nitrogens with two attached hydrogens (primary N) is 1. The zero-order chi connectivity index (χ0) is 14.0. The van der Waals surface area contributed by atoms with Gasteiger partial charge in [0.05, 0.1) is 11.8 Å². The quantitative estimate of drug-likeness (QED) is 0.818. The maximum Gasteiger partial charge on any atom is 0.239 e. The fraction of sp³-hybridized carbons (Fsp3) is 0.923. The van der Waals surface area contributed by atoms with Crippen LogP contribution in [0.2, 0.25) is 0 Å². The van der Waals surface area contributed by atoms with Crippen LogP contribution in [0, 0.1) is 5.92 Å². The average Bonchev–Trinajstić information content (AvgIpc) is 2.78. The van der Waals surface area contributed by atoms with Crippen LogP contribution in [0.25, 0.3) is 0 Å². The van der Waals surface area contributed by atoms with Gasteiger partial charge in [0.2, 0.25) is 5.91 Å². The summed E-state index contributed by atoms with van der Waals surface area (Å²) < 4.78 is 22.3. The summed E-state index contributed by atoms with van der Waals surface area (Å²) in [7, 11) is -3.05. The molecule has 2 aliphatic rings. The van der Waals surface area contributed by atoms with Crippen molar-refractivity contribution >= 4 is 15.7 Å². The first-order chi connectivity index (χ1) is 8.88. The van der Waals surface area contributed by atoms with Crippen LogP contribution in [0.4, 0.5) is 0 Å². The Bertz CT molecular complexity index is 435. The van der Waals surface area contributed by atoms with E-state index in [0.717, 1.165) is 19.4 Å². The highest BCUT2D eigenvalue weighted by Crippen LogP contribution is 2.36. The van der Waals surface area contributed by atoms with Crippen LogP contribution in [0.3, 0.4) is 0 Å². The van der Waals surface area contributed by atoms with E-state index in [2.05, 4.69) is 0 Å². The minimum Gasteiger partial charge on any atom is -0.338 e. The highest BCUT2D eigenvalue weighted by molar-refractivity contribution is 7.90. The van der Waals surface area contributed by atoms with Crippen LogP contribution >= 0.6 is 0 Å². The first kappa shape index (κ1) is 14.8. The normalized spacial score (nSPS) is 29.1. The van der Waals surface area contributed by atoms with Crippen molar-refractivity contribution in [2.24, 2.45) is 11.7 Å². The predicted molar refractivity (Wildman–Crippen MR) is 74.4 cm³/mol. The third-order valence-electron chi connectivity index (χ3n) is 4.41. The summed E-state index contributed by atoms with van der Waals surface area (Å²) in [4.78, 5) is 14.2. The van der Waals surface area contributed by atoms with Gasteiger partial charge in [0.1, 0.15) is 9.84 Å². The zero-order valence-corrected chi connectivity index (χ0v) is 12.4. The Morgan fingerprint density at radius 2 is 2.00 bits per heavy atom. The number of fused-ring (bicyclic) bond motifs is 1. The second-order valence-electron chi connectivity index (χ2n) is 5.96. The molecular weight excluding hydrogens is 264 g/mol. The molecule has 19 heavy (non-hydrogen) atoms. The summed E-state index contributed by atoms with van der Waals surface area (Å²) in [6, 6.07) is -0.319. The Labute approximate surface area is 115 Å². The molecule has 0 aromatic heterocycles. The summed E-state index contributed by atoms with van der Waals surface area (Å²) in [5, 5.41) is 0. The molecule has 2 N–H and O–H groups in total. The molecule has 1 saturated carbocycles. The Morgan fingerprint density at radius 3 is 2.68 bits per heavy atom. The van der Waals surface area contributed by atoms with Gasteiger partial charge in [0.25, 0.3) is 0 Å². The number of hydrogen-bond acceptors (Lipinski definition) is 4. The third-order valence-corrected chi connectivity index (χ3v) is 5.39. The monoisotopic (exact) mass is 288 g/mol. The van der Waals surface area contributed by atoms with Crippen LogP contribution < -0.4 is 5.73 Å². The maximum absolute atomic E-state index is 12.3. The van der Waals surface area contributed by atoms with E-state index in [1.807, 2.05) is 4.90 Å². The van der Waals surface area contributed by atoms with Gasteiger partial charge in [0.15, 0.2) is 0 Å². The largest absolute Gasteiger partial charge is 0.338 e. The van der Waals surface area contributed by atoms with Gasteiger partial charge in [0, 0.05) is 18.8 Å². The van der Waals surface area contributed by atoms with Gasteiger partial charge in [-0.3, -0.25) is 4.79 Å². The van der Waals surface area contributed by atoms with Gasteiger partial charge in [-0.05, 0) is 31.6 Å². The van der Waals surface area contributed by atoms with Gasteiger partial charge in [-0.25, -0.2) is 8.42 Å². The Morgan fingerprint density at radius 1 is 1.32 bits per heavy atom. The van der Waals surface area contributed by atoms with Crippen LogP contribution in [0.15, 0.2) is 0 Å². The topological polar surface area (TPSA) is 80.5 Å². The Hall–Kier alpha value is -0.620. The SMILES string of the molecule is CS(=O)(=O)CCC(N)C(=O)N1CCC2CCCCC21. The minimum absolute atomic E-state index is 0.0121. The van der Waals surface area contributed by atoms with Gasteiger partial charge >= 0.3 is 0 Å². The fourth-order valence-electron chi connectivity index (χ4n) is 3.36. The molecule has 0 aromatic carbocycles. The van der Waals surface area contributed by atoms with Crippen LogP contribution in [-0.2, 0) is 14.6 Å². The first-order valence-corrected chi connectivity index (χ1v) is 9.18. The van der Waals surface area contributed by atoms with Crippen molar-refractivity contribution in [2.75, 3.05) is 18.6 Å². The molecule has 1 saturated heterocycles. The van der Waals surface area contributed by atoms with E-state index in [4.69, 9.17) is 5.73 Å². The number of carbonyl (C=O) groups is 1. The molecule has 1 aliphatic carbocycles. The molecule has 3 unspecified atom stereocenters. The summed E-state index contributed by atoms with van der Waals surface area (Å²) in [6.07, 6.45) is 7.23. The van der Waals surface area contributed by atoms with Crippen molar-refractivity contribution in [2.45, 2.75) is 50.6 Å². The summed E-state index contributed by atoms with van der Waals surface area (Å²) in [6.45, 7) is 0.792. The molecule has 6 heteroatoms. The Balaban J connectivity index is 1.92. The number of carbonyl (C=O) groups excluding carboxylic acids is 1. The zero-order valence-electron chi connectivity index (χ0n) is 11.5. The number of likely N-dealkylation sites (tertiary alicyclic amines) is 1. The molecule has 1 aliphatic heterocycles.